The van der Waals surface area contributed by atoms with Crippen LogP contribution < -0.4 is 16.0 Å². The van der Waals surface area contributed by atoms with Crippen LogP contribution in [0.1, 0.15) is 30.6 Å². The maximum absolute atomic E-state index is 13.3. The third-order valence-electron chi connectivity index (χ3n) is 5.28. The highest BCUT2D eigenvalue weighted by molar-refractivity contribution is 6.11. The summed E-state index contributed by atoms with van der Waals surface area (Å²) in [5, 5.41) is 8.49. The first-order valence-electron chi connectivity index (χ1n) is 9.82. The van der Waals surface area contributed by atoms with Gasteiger partial charge in [0.05, 0.1) is 17.3 Å². The Morgan fingerprint density at radius 1 is 1.10 bits per heavy atom. The summed E-state index contributed by atoms with van der Waals surface area (Å²) >= 11 is 0. The molecule has 2 aliphatic heterocycles. The molecule has 0 bridgehead atoms. The zero-order valence-electron chi connectivity index (χ0n) is 16.4. The molecule has 1 saturated heterocycles. The highest BCUT2D eigenvalue weighted by Gasteiger charge is 2.45. The molecule has 0 radical (unpaired) electrons. The molecule has 3 N–H and O–H groups in total. The van der Waals surface area contributed by atoms with Crippen molar-refractivity contribution in [3.8, 4) is 11.1 Å². The van der Waals surface area contributed by atoms with Crippen LogP contribution in [0.3, 0.4) is 0 Å². The van der Waals surface area contributed by atoms with Gasteiger partial charge in [0, 0.05) is 12.6 Å². The molecule has 4 rings (SSSR count). The fraction of sp³-hybridized carbons (Fsp3) is 0.318. The number of nitrogens with one attached hydrogen (secondary N) is 3. The second kappa shape index (κ2) is 7.58. The summed E-state index contributed by atoms with van der Waals surface area (Å²) in [6, 6.07) is 13.8. The minimum absolute atomic E-state index is 0.0160. The van der Waals surface area contributed by atoms with Crippen molar-refractivity contribution in [1.29, 1.82) is 0 Å². The van der Waals surface area contributed by atoms with Gasteiger partial charge >= 0.3 is 6.03 Å². The molecule has 29 heavy (non-hydrogen) atoms. The van der Waals surface area contributed by atoms with E-state index in [0.29, 0.717) is 24.2 Å². The summed E-state index contributed by atoms with van der Waals surface area (Å²) in [5.74, 6) is -0.480. The Hall–Kier alpha value is -3.35. The molecule has 0 saturated carbocycles. The predicted molar refractivity (Wildman–Crippen MR) is 111 cm³/mol. The lowest BCUT2D eigenvalue weighted by molar-refractivity contribution is -0.120. The Bertz CT molecular complexity index is 958. The van der Waals surface area contributed by atoms with Crippen LogP contribution in [0.5, 0.6) is 0 Å². The van der Waals surface area contributed by atoms with E-state index in [1.165, 1.54) is 0 Å². The molecule has 7 heteroatoms. The lowest BCUT2D eigenvalue weighted by atomic mass is 10.0. The highest BCUT2D eigenvalue weighted by Crippen LogP contribution is 2.32. The Morgan fingerprint density at radius 3 is 2.59 bits per heavy atom. The first-order chi connectivity index (χ1) is 13.9. The van der Waals surface area contributed by atoms with E-state index < -0.39 is 12.1 Å². The average Bonchev–Trinajstić information content (AvgIpc) is 3.07. The van der Waals surface area contributed by atoms with E-state index in [2.05, 4.69) is 16.0 Å². The molecule has 0 aromatic heterocycles. The summed E-state index contributed by atoms with van der Waals surface area (Å²) in [4.78, 5) is 39.8. The molecule has 2 atom stereocenters. The molecule has 2 aromatic rings. The monoisotopic (exact) mass is 392 g/mol. The molecule has 1 fully saturated rings. The molecule has 0 unspecified atom stereocenters. The standard InChI is InChI=1S/C22H24N4O3/c1-13(2)23-22(29)25-18-10-11-26-19(18)20(27)24-17-9-8-15(12-16(17)21(26)28)14-6-4-3-5-7-14/h3-9,12-13,18-19H,10-11H2,1-2H3,(H,24,27)(H2,23,25,29)/t18-,19-/m0/s1. The van der Waals surface area contributed by atoms with Crippen LogP contribution >= 0.6 is 0 Å². The number of rotatable bonds is 3. The van der Waals surface area contributed by atoms with Crippen molar-refractivity contribution in [1.82, 2.24) is 15.5 Å². The Labute approximate surface area is 169 Å². The molecule has 0 aliphatic carbocycles. The van der Waals surface area contributed by atoms with Crippen molar-refractivity contribution in [3.63, 3.8) is 0 Å². The number of carbonyl (C=O) groups is 3. The van der Waals surface area contributed by atoms with E-state index in [9.17, 15) is 14.4 Å². The fourth-order valence-corrected chi connectivity index (χ4v) is 3.97. The molecule has 2 heterocycles. The molecular weight excluding hydrogens is 368 g/mol. The number of amides is 4. The van der Waals surface area contributed by atoms with E-state index in [1.807, 2.05) is 56.3 Å². The Balaban J connectivity index is 1.62. The van der Waals surface area contributed by atoms with Crippen molar-refractivity contribution in [2.24, 2.45) is 0 Å². The lowest BCUT2D eigenvalue weighted by Gasteiger charge is -2.25. The lowest BCUT2D eigenvalue weighted by Crippen LogP contribution is -2.54. The smallest absolute Gasteiger partial charge is 0.315 e. The molecule has 7 nitrogen and oxygen atoms in total. The number of nitrogens with zero attached hydrogens (tertiary/aromatic N) is 1. The van der Waals surface area contributed by atoms with Crippen LogP contribution in [0.15, 0.2) is 48.5 Å². The van der Waals surface area contributed by atoms with E-state index in [4.69, 9.17) is 0 Å². The minimum atomic E-state index is -0.729. The largest absolute Gasteiger partial charge is 0.336 e. The van der Waals surface area contributed by atoms with Gasteiger partial charge in [-0.1, -0.05) is 36.4 Å². The highest BCUT2D eigenvalue weighted by atomic mass is 16.2. The molecule has 2 aliphatic rings. The van der Waals surface area contributed by atoms with Crippen LogP contribution in [-0.4, -0.2) is 47.4 Å². The van der Waals surface area contributed by atoms with Gasteiger partial charge in [-0.05, 0) is 43.5 Å². The normalized spacial score (nSPS) is 20.6. The molecule has 4 amide bonds. The number of hydrogen-bond acceptors (Lipinski definition) is 3. The topological polar surface area (TPSA) is 90.5 Å². The summed E-state index contributed by atoms with van der Waals surface area (Å²) < 4.78 is 0. The minimum Gasteiger partial charge on any atom is -0.336 e. The summed E-state index contributed by atoms with van der Waals surface area (Å²) in [5.41, 5.74) is 2.88. The third-order valence-corrected chi connectivity index (χ3v) is 5.28. The molecule has 2 aromatic carbocycles. The van der Waals surface area contributed by atoms with Crippen LogP contribution in [0.25, 0.3) is 11.1 Å². The number of anilines is 1. The second-order valence-electron chi connectivity index (χ2n) is 7.73. The number of carbonyl (C=O) groups excluding carboxylic acids is 3. The fourth-order valence-electron chi connectivity index (χ4n) is 3.97. The van der Waals surface area contributed by atoms with Gasteiger partial charge in [0.15, 0.2) is 0 Å². The zero-order valence-corrected chi connectivity index (χ0v) is 16.4. The first kappa shape index (κ1) is 19.0. The van der Waals surface area contributed by atoms with Crippen molar-refractivity contribution < 1.29 is 14.4 Å². The number of hydrogen-bond donors (Lipinski definition) is 3. The van der Waals surface area contributed by atoms with Gasteiger partial charge in [0.1, 0.15) is 6.04 Å². The van der Waals surface area contributed by atoms with E-state index in [-0.39, 0.29) is 23.9 Å². The molecule has 0 spiro atoms. The van der Waals surface area contributed by atoms with E-state index >= 15 is 0 Å². The molecular formula is C22H24N4O3. The van der Waals surface area contributed by atoms with Gasteiger partial charge in [0.25, 0.3) is 5.91 Å². The van der Waals surface area contributed by atoms with Gasteiger partial charge < -0.3 is 20.9 Å². The summed E-state index contributed by atoms with van der Waals surface area (Å²) in [6.07, 6.45) is 0.531. The first-order valence-corrected chi connectivity index (χ1v) is 9.82. The van der Waals surface area contributed by atoms with Crippen LogP contribution in [0, 0.1) is 0 Å². The van der Waals surface area contributed by atoms with Gasteiger partial charge in [-0.3, -0.25) is 9.59 Å². The van der Waals surface area contributed by atoms with Gasteiger partial charge in [0.2, 0.25) is 5.91 Å². The number of fused-ring (bicyclic) bond motifs is 2. The quantitative estimate of drug-likeness (QED) is 0.750. The van der Waals surface area contributed by atoms with Gasteiger partial charge in [-0.2, -0.15) is 0 Å². The van der Waals surface area contributed by atoms with Crippen LogP contribution in [0.2, 0.25) is 0 Å². The van der Waals surface area contributed by atoms with E-state index in [0.717, 1.165) is 11.1 Å². The number of urea groups is 1. The summed E-state index contributed by atoms with van der Waals surface area (Å²) in [7, 11) is 0. The van der Waals surface area contributed by atoms with Crippen molar-refractivity contribution in [2.45, 2.75) is 38.4 Å². The van der Waals surface area contributed by atoms with Gasteiger partial charge in [-0.15, -0.1) is 0 Å². The van der Waals surface area contributed by atoms with Crippen molar-refractivity contribution in [3.05, 3.63) is 54.1 Å². The SMILES string of the molecule is CC(C)NC(=O)N[C@H]1CCN2C(=O)c3cc(-c4ccccc4)ccc3NC(=O)[C@H]12. The second-order valence-corrected chi connectivity index (χ2v) is 7.73. The van der Waals surface area contributed by atoms with E-state index in [1.54, 1.807) is 11.0 Å². The Morgan fingerprint density at radius 2 is 1.86 bits per heavy atom. The third kappa shape index (κ3) is 3.68. The van der Waals surface area contributed by atoms with Crippen molar-refractivity contribution in [2.75, 3.05) is 11.9 Å². The Kier molecular flexibility index (Phi) is 4.96. The zero-order chi connectivity index (χ0) is 20.5. The van der Waals surface area contributed by atoms with Gasteiger partial charge in [-0.25, -0.2) is 4.79 Å². The average molecular weight is 392 g/mol. The predicted octanol–water partition coefficient (Wildman–Crippen LogP) is 2.60. The summed E-state index contributed by atoms with van der Waals surface area (Å²) in [6.45, 7) is 4.14. The molecule has 150 valence electrons. The van der Waals surface area contributed by atoms with Crippen molar-refractivity contribution >= 4 is 23.5 Å². The van der Waals surface area contributed by atoms with Crippen LogP contribution in [-0.2, 0) is 4.79 Å². The number of benzene rings is 2. The maximum atomic E-state index is 13.3. The van der Waals surface area contributed by atoms with Crippen LogP contribution in [0.4, 0.5) is 10.5 Å². The maximum Gasteiger partial charge on any atom is 0.315 e.